The molecule has 1 saturated heterocycles. The fraction of sp³-hybridized carbons (Fsp3) is 0.348. The summed E-state index contributed by atoms with van der Waals surface area (Å²) in [5, 5.41) is 13.9. The van der Waals surface area contributed by atoms with E-state index in [0.29, 0.717) is 28.8 Å². The predicted molar refractivity (Wildman–Crippen MR) is 124 cm³/mol. The summed E-state index contributed by atoms with van der Waals surface area (Å²) in [6.07, 6.45) is 1.40. The zero-order chi connectivity index (χ0) is 23.5. The Morgan fingerprint density at radius 3 is 2.58 bits per heavy atom. The van der Waals surface area contributed by atoms with Crippen molar-refractivity contribution in [3.05, 3.63) is 69.6 Å². The summed E-state index contributed by atoms with van der Waals surface area (Å²) in [5.41, 5.74) is -0.499. The van der Waals surface area contributed by atoms with Crippen LogP contribution in [0.5, 0.6) is 0 Å². The molecule has 10 heteroatoms. The molecule has 7 nitrogen and oxygen atoms in total. The van der Waals surface area contributed by atoms with Crippen molar-refractivity contribution >= 4 is 35.0 Å². The number of halogens is 2. The van der Waals surface area contributed by atoms with Crippen molar-refractivity contribution in [2.45, 2.75) is 49.8 Å². The molecule has 2 aliphatic heterocycles. The van der Waals surface area contributed by atoms with Crippen LogP contribution in [0.25, 0.3) is 10.8 Å². The molecule has 3 aromatic rings. The molecule has 5 rings (SSSR count). The molecule has 0 aliphatic carbocycles. The topological polar surface area (TPSA) is 90.1 Å². The van der Waals surface area contributed by atoms with E-state index >= 15 is 0 Å². The van der Waals surface area contributed by atoms with Crippen molar-refractivity contribution in [3.63, 3.8) is 0 Å². The number of anilines is 1. The zero-order valence-corrected chi connectivity index (χ0v) is 18.9. The summed E-state index contributed by atoms with van der Waals surface area (Å²) >= 11 is 4.66. The first kappa shape index (κ1) is 21.8. The van der Waals surface area contributed by atoms with Crippen LogP contribution < -0.4 is 16.2 Å². The van der Waals surface area contributed by atoms with Crippen LogP contribution in [0.4, 0.5) is 14.5 Å². The van der Waals surface area contributed by atoms with E-state index in [2.05, 4.69) is 33.5 Å². The van der Waals surface area contributed by atoms with Gasteiger partial charge in [0.25, 0.3) is 5.56 Å². The maximum Gasteiger partial charge on any atom is 0.272 e. The Bertz CT molecular complexity index is 1310. The van der Waals surface area contributed by atoms with Crippen molar-refractivity contribution < 1.29 is 13.6 Å². The van der Waals surface area contributed by atoms with E-state index in [-0.39, 0.29) is 11.3 Å². The summed E-state index contributed by atoms with van der Waals surface area (Å²) in [5.74, 6) is -1.14. The number of benzene rings is 2. The minimum Gasteiger partial charge on any atom is -0.375 e. The second-order valence-corrected chi connectivity index (χ2v) is 9.23. The monoisotopic (exact) mass is 471 g/mol. The highest BCUT2D eigenvalue weighted by Crippen LogP contribution is 2.48. The van der Waals surface area contributed by atoms with Gasteiger partial charge in [0.1, 0.15) is 23.2 Å². The molecule has 0 spiro atoms. The number of hydrogen-bond donors (Lipinski definition) is 4. The average molecular weight is 472 g/mol. The highest BCUT2D eigenvalue weighted by atomic mass is 32.1. The van der Waals surface area contributed by atoms with Gasteiger partial charge in [0.2, 0.25) is 5.91 Å². The van der Waals surface area contributed by atoms with Gasteiger partial charge in [-0.15, -0.1) is 12.6 Å². The van der Waals surface area contributed by atoms with Crippen LogP contribution in [0, 0.1) is 11.6 Å². The second-order valence-electron chi connectivity index (χ2n) is 8.74. The first-order valence-electron chi connectivity index (χ1n) is 10.8. The summed E-state index contributed by atoms with van der Waals surface area (Å²) in [6.45, 7) is 3.84. The van der Waals surface area contributed by atoms with Crippen molar-refractivity contribution in [2.75, 3.05) is 5.32 Å². The minimum absolute atomic E-state index is 0.136. The molecule has 1 amide bonds. The Labute approximate surface area is 194 Å². The van der Waals surface area contributed by atoms with E-state index < -0.39 is 40.3 Å². The molecule has 2 aromatic carbocycles. The minimum atomic E-state index is -0.821. The molecular formula is C23H23F2N5O2S. The molecule has 4 unspecified atom stereocenters. The highest BCUT2D eigenvalue weighted by molar-refractivity contribution is 7.80. The third-order valence-electron chi connectivity index (χ3n) is 6.49. The quantitative estimate of drug-likeness (QED) is 0.437. The maximum atomic E-state index is 14.4. The van der Waals surface area contributed by atoms with Gasteiger partial charge in [-0.25, -0.2) is 13.9 Å². The second kappa shape index (κ2) is 7.81. The Kier molecular flexibility index (Phi) is 5.17. The van der Waals surface area contributed by atoms with E-state index in [1.165, 1.54) is 18.2 Å². The fourth-order valence-corrected chi connectivity index (χ4v) is 5.55. The summed E-state index contributed by atoms with van der Waals surface area (Å²) in [7, 11) is 0. The number of aromatic nitrogens is 2. The van der Waals surface area contributed by atoms with Crippen molar-refractivity contribution in [1.82, 2.24) is 20.4 Å². The Hall–Kier alpha value is -2.98. The van der Waals surface area contributed by atoms with Crippen LogP contribution in [0.15, 0.2) is 41.2 Å². The number of nitrogens with one attached hydrogen (secondary N) is 3. The molecule has 1 fully saturated rings. The van der Waals surface area contributed by atoms with Crippen molar-refractivity contribution in [2.24, 2.45) is 0 Å². The van der Waals surface area contributed by atoms with E-state index in [4.69, 9.17) is 0 Å². The number of H-pyrrole nitrogens is 1. The molecule has 0 saturated carbocycles. The van der Waals surface area contributed by atoms with Crippen LogP contribution in [0.1, 0.15) is 50.0 Å². The number of hydrogen-bond acceptors (Lipinski definition) is 6. The van der Waals surface area contributed by atoms with Gasteiger partial charge >= 0.3 is 0 Å². The molecule has 0 bridgehead atoms. The number of carbonyl (C=O) groups is 1. The largest absolute Gasteiger partial charge is 0.375 e. The predicted octanol–water partition coefficient (Wildman–Crippen LogP) is 3.61. The van der Waals surface area contributed by atoms with E-state index in [1.807, 2.05) is 13.8 Å². The van der Waals surface area contributed by atoms with Gasteiger partial charge in [-0.2, -0.15) is 5.10 Å². The Morgan fingerprint density at radius 2 is 1.88 bits per heavy atom. The molecule has 172 valence electrons. The molecule has 33 heavy (non-hydrogen) atoms. The van der Waals surface area contributed by atoms with Crippen LogP contribution in [0.3, 0.4) is 0 Å². The van der Waals surface area contributed by atoms with Gasteiger partial charge in [-0.3, -0.25) is 14.9 Å². The van der Waals surface area contributed by atoms with E-state index in [0.717, 1.165) is 12.5 Å². The van der Waals surface area contributed by atoms with Gasteiger partial charge in [-0.1, -0.05) is 25.5 Å². The third kappa shape index (κ3) is 3.39. The van der Waals surface area contributed by atoms with Gasteiger partial charge in [0, 0.05) is 11.1 Å². The van der Waals surface area contributed by atoms with Gasteiger partial charge in [0.05, 0.1) is 22.7 Å². The normalized spacial score (nSPS) is 26.6. The smallest absolute Gasteiger partial charge is 0.272 e. The maximum absolute atomic E-state index is 14.4. The molecular weight excluding hydrogens is 448 g/mol. The standard InChI is InChI=1S/C23H23F2N5O2S/c1-3-8-23(2)21(32)30(22(33)27-23)19-17(11-4-6-12(24)7-5-11)26-15-10-13(25)9-14-16(15)18(19)28-29-20(14)31/h4-7,9-10,17,19,22,26-27,33H,3,8H2,1-2H3,(H,29,31). The average Bonchev–Trinajstić information content (AvgIpc) is 2.98. The lowest BCUT2D eigenvalue weighted by Crippen LogP contribution is -2.46. The molecule has 0 radical (unpaired) electrons. The van der Waals surface area contributed by atoms with Crippen LogP contribution in [-0.2, 0) is 4.79 Å². The number of carbonyl (C=O) groups excluding carboxylic acids is 1. The Balaban J connectivity index is 1.74. The van der Waals surface area contributed by atoms with Crippen LogP contribution in [-0.4, -0.2) is 32.0 Å². The summed E-state index contributed by atoms with van der Waals surface area (Å²) in [6, 6.07) is 7.04. The molecule has 2 aliphatic rings. The summed E-state index contributed by atoms with van der Waals surface area (Å²) in [4.78, 5) is 27.7. The van der Waals surface area contributed by atoms with Gasteiger partial charge < -0.3 is 10.2 Å². The fourth-order valence-electron chi connectivity index (χ4n) is 5.02. The van der Waals surface area contributed by atoms with Crippen LogP contribution >= 0.6 is 12.6 Å². The molecule has 3 heterocycles. The first-order chi connectivity index (χ1) is 15.7. The summed E-state index contributed by atoms with van der Waals surface area (Å²) < 4.78 is 28.0. The lowest BCUT2D eigenvalue weighted by molar-refractivity contribution is -0.135. The van der Waals surface area contributed by atoms with E-state index in [9.17, 15) is 18.4 Å². The molecule has 1 aromatic heterocycles. The number of aromatic amines is 1. The number of rotatable bonds is 4. The molecule has 4 atom stereocenters. The lowest BCUT2D eigenvalue weighted by Gasteiger charge is -2.40. The van der Waals surface area contributed by atoms with E-state index in [1.54, 1.807) is 17.0 Å². The Morgan fingerprint density at radius 1 is 1.15 bits per heavy atom. The van der Waals surface area contributed by atoms with Gasteiger partial charge in [0.15, 0.2) is 0 Å². The highest BCUT2D eigenvalue weighted by Gasteiger charge is 2.52. The zero-order valence-electron chi connectivity index (χ0n) is 18.0. The van der Waals surface area contributed by atoms with Gasteiger partial charge in [-0.05, 0) is 43.2 Å². The number of nitrogens with zero attached hydrogens (tertiary/aromatic N) is 2. The lowest BCUT2D eigenvalue weighted by atomic mass is 9.87. The third-order valence-corrected chi connectivity index (χ3v) is 6.86. The van der Waals surface area contributed by atoms with Crippen molar-refractivity contribution in [1.29, 1.82) is 0 Å². The van der Waals surface area contributed by atoms with Crippen molar-refractivity contribution in [3.8, 4) is 0 Å². The molecule has 3 N–H and O–H groups in total. The SMILES string of the molecule is CCCC1(C)NC(S)N(C2c3n[nH]c(=O)c4cc(F)cc(c34)NC2c2ccc(F)cc2)C1=O. The first-order valence-corrected chi connectivity index (χ1v) is 11.3. The number of amides is 1. The van der Waals surface area contributed by atoms with Crippen LogP contribution in [0.2, 0.25) is 0 Å². The number of thiol groups is 1.